The van der Waals surface area contributed by atoms with Gasteiger partial charge in [0, 0.05) is 11.9 Å². The van der Waals surface area contributed by atoms with Crippen LogP contribution >= 0.6 is 11.3 Å². The molecule has 0 aliphatic rings. The predicted molar refractivity (Wildman–Crippen MR) is 97.3 cm³/mol. The van der Waals surface area contributed by atoms with Gasteiger partial charge in [0.05, 0.1) is 22.7 Å². The fourth-order valence-electron chi connectivity index (χ4n) is 2.19. The molecule has 0 saturated heterocycles. The number of nitrogens with one attached hydrogen (secondary N) is 2. The number of hydrogen-bond acceptors (Lipinski definition) is 5. The van der Waals surface area contributed by atoms with Crippen LogP contribution in [0.2, 0.25) is 0 Å². The van der Waals surface area contributed by atoms with Crippen molar-refractivity contribution in [2.75, 3.05) is 11.3 Å². The highest BCUT2D eigenvalue weighted by Crippen LogP contribution is 2.30. The number of esters is 1. The van der Waals surface area contributed by atoms with Crippen LogP contribution in [0.1, 0.15) is 17.3 Å². The fraction of sp³-hybridized carbons (Fsp3) is 0.118. The Morgan fingerprint density at radius 2 is 1.92 bits per heavy atom. The largest absolute Gasteiger partial charge is 0.462 e. The van der Waals surface area contributed by atoms with E-state index in [1.807, 2.05) is 12.1 Å². The molecule has 0 unspecified atom stereocenters. The van der Waals surface area contributed by atoms with Gasteiger partial charge >= 0.3 is 5.97 Å². The number of thiophene rings is 1. The Hall–Kier alpha value is -2.58. The van der Waals surface area contributed by atoms with Crippen molar-refractivity contribution in [1.82, 2.24) is 4.98 Å². The van der Waals surface area contributed by atoms with Crippen molar-refractivity contribution < 1.29 is 17.9 Å². The molecule has 3 aromatic rings. The highest BCUT2D eigenvalue weighted by molar-refractivity contribution is 7.94. The van der Waals surface area contributed by atoms with E-state index in [1.54, 1.807) is 25.3 Å². The molecule has 0 spiro atoms. The minimum atomic E-state index is -3.69. The van der Waals surface area contributed by atoms with E-state index in [1.165, 1.54) is 35.6 Å². The molecule has 25 heavy (non-hydrogen) atoms. The normalized spacial score (nSPS) is 11.2. The van der Waals surface area contributed by atoms with E-state index in [0.717, 1.165) is 10.6 Å². The van der Waals surface area contributed by atoms with Crippen molar-refractivity contribution in [2.24, 2.45) is 0 Å². The number of carbonyl (C=O) groups excluding carboxylic acids is 1. The summed E-state index contributed by atoms with van der Waals surface area (Å²) < 4.78 is 32.6. The second-order valence-corrected chi connectivity index (χ2v) is 8.10. The maximum absolute atomic E-state index is 12.5. The maximum atomic E-state index is 12.5. The minimum Gasteiger partial charge on any atom is -0.462 e. The number of rotatable bonds is 6. The van der Waals surface area contributed by atoms with E-state index in [4.69, 9.17) is 4.74 Å². The summed E-state index contributed by atoms with van der Waals surface area (Å²) >= 11 is 1.18. The Kier molecular flexibility index (Phi) is 4.91. The van der Waals surface area contributed by atoms with Gasteiger partial charge in [0.25, 0.3) is 10.0 Å². The number of sulfonamides is 1. The number of hydrogen-bond donors (Lipinski definition) is 2. The molecule has 1 aromatic carbocycles. The SMILES string of the molecule is CCOC(=O)c1ccc(NS(=O)(=O)c2ccc(-c3ccc[nH]3)s2)cc1. The molecule has 6 nitrogen and oxygen atoms in total. The summed E-state index contributed by atoms with van der Waals surface area (Å²) in [5.41, 5.74) is 1.61. The lowest BCUT2D eigenvalue weighted by molar-refractivity contribution is 0.0526. The summed E-state index contributed by atoms with van der Waals surface area (Å²) in [7, 11) is -3.69. The van der Waals surface area contributed by atoms with Crippen molar-refractivity contribution in [2.45, 2.75) is 11.1 Å². The van der Waals surface area contributed by atoms with Crippen LogP contribution in [0.15, 0.2) is 58.9 Å². The molecule has 0 aliphatic heterocycles. The first-order valence-corrected chi connectivity index (χ1v) is 9.83. The summed E-state index contributed by atoms with van der Waals surface area (Å²) in [5.74, 6) is -0.439. The Morgan fingerprint density at radius 3 is 2.56 bits per heavy atom. The van der Waals surface area contributed by atoms with Crippen molar-refractivity contribution in [3.8, 4) is 10.6 Å². The summed E-state index contributed by atoms with van der Waals surface area (Å²) in [6.45, 7) is 2.01. The minimum absolute atomic E-state index is 0.214. The van der Waals surface area contributed by atoms with Gasteiger partial charge in [-0.2, -0.15) is 0 Å². The number of anilines is 1. The van der Waals surface area contributed by atoms with Crippen LogP contribution in [0.5, 0.6) is 0 Å². The zero-order valence-corrected chi connectivity index (χ0v) is 15.0. The lowest BCUT2D eigenvalue weighted by atomic mass is 10.2. The van der Waals surface area contributed by atoms with Crippen molar-refractivity contribution >= 4 is 33.0 Å². The van der Waals surface area contributed by atoms with Gasteiger partial charge in [-0.1, -0.05) is 0 Å². The topological polar surface area (TPSA) is 88.3 Å². The highest BCUT2D eigenvalue weighted by atomic mass is 32.2. The second kappa shape index (κ2) is 7.12. The lowest BCUT2D eigenvalue weighted by Crippen LogP contribution is -2.11. The van der Waals surface area contributed by atoms with Crippen LogP contribution in [0.4, 0.5) is 5.69 Å². The molecule has 0 fully saturated rings. The van der Waals surface area contributed by atoms with Crippen LogP contribution < -0.4 is 4.72 Å². The van der Waals surface area contributed by atoms with E-state index < -0.39 is 16.0 Å². The molecule has 130 valence electrons. The first-order valence-electron chi connectivity index (χ1n) is 7.53. The van der Waals surface area contributed by atoms with Crippen molar-refractivity contribution in [3.63, 3.8) is 0 Å². The number of H-pyrrole nitrogens is 1. The average molecular weight is 376 g/mol. The third-order valence-electron chi connectivity index (χ3n) is 3.36. The standard InChI is InChI=1S/C17H16N2O4S2/c1-2-23-17(20)12-5-7-13(8-6-12)19-25(21,22)16-10-9-15(24-16)14-4-3-11-18-14/h3-11,18-19H,2H2,1H3. The van der Waals surface area contributed by atoms with Gasteiger partial charge in [-0.25, -0.2) is 13.2 Å². The number of aromatic nitrogens is 1. The van der Waals surface area contributed by atoms with Gasteiger partial charge in [0.15, 0.2) is 0 Å². The highest BCUT2D eigenvalue weighted by Gasteiger charge is 2.18. The third-order valence-corrected chi connectivity index (χ3v) is 6.35. The Labute approximate surface area is 149 Å². The van der Waals surface area contributed by atoms with Crippen LogP contribution in [0.3, 0.4) is 0 Å². The molecular formula is C17H16N2O4S2. The zero-order chi connectivity index (χ0) is 17.9. The van der Waals surface area contributed by atoms with Gasteiger partial charge in [-0.15, -0.1) is 11.3 Å². The molecule has 2 heterocycles. The molecular weight excluding hydrogens is 360 g/mol. The van der Waals surface area contributed by atoms with Gasteiger partial charge in [0.1, 0.15) is 4.21 Å². The molecule has 0 saturated carbocycles. The number of ether oxygens (including phenoxy) is 1. The van der Waals surface area contributed by atoms with E-state index in [-0.39, 0.29) is 10.8 Å². The van der Waals surface area contributed by atoms with Crippen LogP contribution in [-0.2, 0) is 14.8 Å². The summed E-state index contributed by atoms with van der Waals surface area (Å²) in [4.78, 5) is 15.5. The lowest BCUT2D eigenvalue weighted by Gasteiger charge is -2.07. The molecule has 2 N–H and O–H groups in total. The van der Waals surface area contributed by atoms with Gasteiger partial charge in [-0.3, -0.25) is 4.72 Å². The summed E-state index contributed by atoms with van der Waals surface area (Å²) in [6, 6.07) is 13.2. The van der Waals surface area contributed by atoms with Gasteiger partial charge in [-0.05, 0) is 55.5 Å². The summed E-state index contributed by atoms with van der Waals surface area (Å²) in [5, 5.41) is 0. The maximum Gasteiger partial charge on any atom is 0.338 e. The molecule has 0 atom stereocenters. The first-order chi connectivity index (χ1) is 12.0. The number of benzene rings is 1. The molecule has 3 rings (SSSR count). The molecule has 0 amide bonds. The monoisotopic (exact) mass is 376 g/mol. The van der Waals surface area contributed by atoms with Crippen LogP contribution in [0, 0.1) is 0 Å². The second-order valence-electron chi connectivity index (χ2n) is 5.11. The van der Waals surface area contributed by atoms with Crippen LogP contribution in [-0.4, -0.2) is 26.0 Å². The van der Waals surface area contributed by atoms with E-state index in [0.29, 0.717) is 11.3 Å². The number of carbonyl (C=O) groups is 1. The Bertz CT molecular complexity index is 959. The number of aromatic amines is 1. The Morgan fingerprint density at radius 1 is 1.16 bits per heavy atom. The fourth-order valence-corrected chi connectivity index (χ4v) is 4.54. The summed E-state index contributed by atoms with van der Waals surface area (Å²) in [6.07, 6.45) is 1.78. The molecule has 0 bridgehead atoms. The van der Waals surface area contributed by atoms with Gasteiger partial charge < -0.3 is 9.72 Å². The van der Waals surface area contributed by atoms with Crippen molar-refractivity contribution in [3.05, 3.63) is 60.3 Å². The van der Waals surface area contributed by atoms with Crippen LogP contribution in [0.25, 0.3) is 10.6 Å². The zero-order valence-electron chi connectivity index (χ0n) is 13.4. The smallest absolute Gasteiger partial charge is 0.338 e. The van der Waals surface area contributed by atoms with E-state index in [9.17, 15) is 13.2 Å². The molecule has 8 heteroatoms. The molecule has 2 aromatic heterocycles. The average Bonchev–Trinajstić information content (AvgIpc) is 3.27. The van der Waals surface area contributed by atoms with E-state index in [2.05, 4.69) is 9.71 Å². The Balaban J connectivity index is 1.76. The predicted octanol–water partition coefficient (Wildman–Crippen LogP) is 3.72. The quantitative estimate of drug-likeness (QED) is 0.642. The first kappa shape index (κ1) is 17.2. The third kappa shape index (κ3) is 3.92. The van der Waals surface area contributed by atoms with E-state index >= 15 is 0 Å². The van der Waals surface area contributed by atoms with Gasteiger partial charge in [0.2, 0.25) is 0 Å². The van der Waals surface area contributed by atoms with Crippen molar-refractivity contribution in [1.29, 1.82) is 0 Å². The molecule has 0 aliphatic carbocycles. The molecule has 0 radical (unpaired) electrons.